The molecule has 0 aromatic heterocycles. The molecule has 0 saturated carbocycles. The van der Waals surface area contributed by atoms with E-state index in [9.17, 15) is 24.5 Å². The second-order valence-corrected chi connectivity index (χ2v) is 5.97. The van der Waals surface area contributed by atoms with Crippen molar-refractivity contribution in [2.24, 2.45) is 0 Å². The van der Waals surface area contributed by atoms with E-state index in [4.69, 9.17) is 5.11 Å². The first-order valence-electron chi connectivity index (χ1n) is 7.82. The van der Waals surface area contributed by atoms with Gasteiger partial charge in [-0.05, 0) is 24.3 Å². The van der Waals surface area contributed by atoms with Crippen LogP contribution in [0.5, 0.6) is 0 Å². The number of hydrogen-bond acceptors (Lipinski definition) is 6. The van der Waals surface area contributed by atoms with Crippen molar-refractivity contribution in [2.45, 2.75) is 0 Å². The number of carbonyl (C=O) groups excluding carboxylic acids is 2. The van der Waals surface area contributed by atoms with Crippen LogP contribution in [0, 0.1) is 10.1 Å². The molecule has 0 fully saturated rings. The Balaban J connectivity index is 1.84. The van der Waals surface area contributed by atoms with Crippen molar-refractivity contribution < 1.29 is 24.4 Å². The highest BCUT2D eigenvalue weighted by molar-refractivity contribution is 6.40. The van der Waals surface area contributed by atoms with Crippen LogP contribution in [0.4, 0.5) is 11.4 Å². The number of para-hydroxylation sites is 1. The summed E-state index contributed by atoms with van der Waals surface area (Å²) >= 11 is 0. The fourth-order valence-corrected chi connectivity index (χ4v) is 3.16. The van der Waals surface area contributed by atoms with Gasteiger partial charge in [0, 0.05) is 22.8 Å². The molecule has 8 heteroatoms. The quantitative estimate of drug-likeness (QED) is 0.364. The molecule has 1 heterocycles. The van der Waals surface area contributed by atoms with Crippen LogP contribution in [0.1, 0.15) is 36.6 Å². The highest BCUT2D eigenvalue weighted by Gasteiger charge is 2.37. The summed E-state index contributed by atoms with van der Waals surface area (Å²) in [5, 5.41) is 23.1. The van der Waals surface area contributed by atoms with E-state index in [-0.39, 0.29) is 39.3 Å². The molecule has 0 amide bonds. The van der Waals surface area contributed by atoms with Crippen LogP contribution in [0.2, 0.25) is 0 Å². The van der Waals surface area contributed by atoms with Gasteiger partial charge in [0.25, 0.3) is 5.69 Å². The van der Waals surface area contributed by atoms with Crippen molar-refractivity contribution in [3.63, 3.8) is 0 Å². The zero-order chi connectivity index (χ0) is 19.3. The van der Waals surface area contributed by atoms with Crippen molar-refractivity contribution in [1.82, 2.24) is 0 Å². The lowest BCUT2D eigenvalue weighted by molar-refractivity contribution is -0.383. The summed E-state index contributed by atoms with van der Waals surface area (Å²) in [6.45, 7) is 0. The Hall–Kier alpha value is -4.07. The first-order valence-corrected chi connectivity index (χ1v) is 7.82. The summed E-state index contributed by atoms with van der Waals surface area (Å²) in [5.41, 5.74) is 0.537. The Labute approximate surface area is 151 Å². The Morgan fingerprint density at radius 2 is 1.78 bits per heavy atom. The van der Waals surface area contributed by atoms with Gasteiger partial charge in [0.1, 0.15) is 5.69 Å². The third kappa shape index (κ3) is 2.43. The maximum Gasteiger partial charge on any atom is 0.335 e. The Bertz CT molecular complexity index is 1140. The van der Waals surface area contributed by atoms with Crippen LogP contribution >= 0.6 is 0 Å². The van der Waals surface area contributed by atoms with Gasteiger partial charge in [0.05, 0.1) is 21.8 Å². The molecule has 0 atom stereocenters. The molecule has 2 N–H and O–H groups in total. The average Bonchev–Trinajstić information content (AvgIpc) is 2.90. The Morgan fingerprint density at radius 1 is 1.04 bits per heavy atom. The molecular weight excluding hydrogens is 352 g/mol. The van der Waals surface area contributed by atoms with Gasteiger partial charge < -0.3 is 10.4 Å². The minimum atomic E-state index is -1.21. The van der Waals surface area contributed by atoms with Gasteiger partial charge >= 0.3 is 5.97 Å². The minimum Gasteiger partial charge on any atom is -0.478 e. The van der Waals surface area contributed by atoms with Gasteiger partial charge in [0.2, 0.25) is 0 Å². The van der Waals surface area contributed by atoms with Crippen LogP contribution in [0.15, 0.2) is 53.7 Å². The van der Waals surface area contributed by atoms with E-state index < -0.39 is 22.5 Å². The van der Waals surface area contributed by atoms with Gasteiger partial charge in [-0.2, -0.15) is 0 Å². The molecule has 4 rings (SSSR count). The summed E-state index contributed by atoms with van der Waals surface area (Å²) in [6, 6.07) is 8.24. The summed E-state index contributed by atoms with van der Waals surface area (Å²) in [6.07, 6.45) is 3.08. The van der Waals surface area contributed by atoms with Crippen molar-refractivity contribution in [3.8, 4) is 0 Å². The lowest BCUT2D eigenvalue weighted by atomic mass is 10.0. The number of aromatic carboxylic acids is 1. The Kier molecular flexibility index (Phi) is 3.48. The smallest absolute Gasteiger partial charge is 0.335 e. The molecule has 132 valence electrons. The second-order valence-electron chi connectivity index (χ2n) is 5.97. The fraction of sp³-hybridized carbons (Fsp3) is 0. The number of ketones is 2. The van der Waals surface area contributed by atoms with E-state index in [1.165, 1.54) is 30.3 Å². The number of fused-ring (bicyclic) bond motifs is 2. The predicted molar refractivity (Wildman–Crippen MR) is 94.8 cm³/mol. The zero-order valence-corrected chi connectivity index (χ0v) is 13.6. The number of nitrogens with zero attached hydrogens (tertiary/aromatic N) is 1. The molecule has 0 saturated heterocycles. The summed E-state index contributed by atoms with van der Waals surface area (Å²) < 4.78 is 0. The average molecular weight is 362 g/mol. The van der Waals surface area contributed by atoms with Crippen molar-refractivity contribution >= 4 is 35.0 Å². The molecule has 0 radical (unpaired) electrons. The van der Waals surface area contributed by atoms with Gasteiger partial charge in [0.15, 0.2) is 11.6 Å². The molecule has 0 spiro atoms. The van der Waals surface area contributed by atoms with E-state index in [0.29, 0.717) is 5.56 Å². The number of nitro benzene ring substituents is 1. The van der Waals surface area contributed by atoms with E-state index in [1.807, 2.05) is 0 Å². The van der Waals surface area contributed by atoms with Gasteiger partial charge in [-0.3, -0.25) is 19.7 Å². The SMILES string of the molecule is O=C(O)c1ccc2c(c1)C(=O)C(=C1C=Cc3cccc([N+](=O)[O-])c3N1)C2=O. The van der Waals surface area contributed by atoms with E-state index in [2.05, 4.69) is 5.32 Å². The predicted octanol–water partition coefficient (Wildman–Crippen LogP) is 3.07. The number of benzene rings is 2. The molecule has 27 heavy (non-hydrogen) atoms. The first-order chi connectivity index (χ1) is 12.9. The molecule has 2 aromatic rings. The number of carbonyl (C=O) groups is 3. The molecule has 0 bridgehead atoms. The zero-order valence-electron chi connectivity index (χ0n) is 13.6. The number of nitro groups is 1. The number of carboxylic acid groups (broad SMARTS) is 1. The van der Waals surface area contributed by atoms with E-state index in [0.717, 1.165) is 6.07 Å². The maximum atomic E-state index is 12.7. The van der Waals surface area contributed by atoms with Crippen molar-refractivity contribution in [1.29, 1.82) is 0 Å². The monoisotopic (exact) mass is 362 g/mol. The van der Waals surface area contributed by atoms with Gasteiger partial charge in [-0.1, -0.05) is 18.2 Å². The number of hydrogen-bond donors (Lipinski definition) is 2. The lowest BCUT2D eigenvalue weighted by Gasteiger charge is -2.16. The Morgan fingerprint density at radius 3 is 2.48 bits per heavy atom. The normalized spacial score (nSPS) is 17.3. The third-order valence-electron chi connectivity index (χ3n) is 4.44. The van der Waals surface area contributed by atoms with Crippen LogP contribution in [0.25, 0.3) is 6.08 Å². The standard InChI is InChI=1S/C19H10N2O6/c22-17-11-6-4-10(19(24)25)8-12(11)18(23)15(17)13-7-5-9-2-1-3-14(21(26)27)16(9)20-13/h1-8,20H,(H,24,25). The number of allylic oxidation sites excluding steroid dienone is 2. The summed E-state index contributed by atoms with van der Waals surface area (Å²) in [5.74, 6) is -2.38. The number of nitrogens with one attached hydrogen (secondary N) is 1. The number of Topliss-reactive ketones (excluding diaryl/α,β-unsaturated/α-hetero) is 2. The van der Waals surface area contributed by atoms with Crippen molar-refractivity contribution in [3.05, 3.63) is 86.1 Å². The molecular formula is C19H10N2O6. The van der Waals surface area contributed by atoms with E-state index in [1.54, 1.807) is 12.1 Å². The molecule has 8 nitrogen and oxygen atoms in total. The van der Waals surface area contributed by atoms with Gasteiger partial charge in [-0.25, -0.2) is 4.79 Å². The minimum absolute atomic E-state index is 0.00552. The molecule has 2 aromatic carbocycles. The van der Waals surface area contributed by atoms with Crippen molar-refractivity contribution in [2.75, 3.05) is 5.32 Å². The highest BCUT2D eigenvalue weighted by Crippen LogP contribution is 2.37. The van der Waals surface area contributed by atoms with Gasteiger partial charge in [-0.15, -0.1) is 0 Å². The van der Waals surface area contributed by atoms with E-state index >= 15 is 0 Å². The third-order valence-corrected chi connectivity index (χ3v) is 4.44. The number of rotatable bonds is 2. The van der Waals surface area contributed by atoms with Crippen LogP contribution in [0.3, 0.4) is 0 Å². The largest absolute Gasteiger partial charge is 0.478 e. The molecule has 0 unspecified atom stereocenters. The summed E-state index contributed by atoms with van der Waals surface area (Å²) in [4.78, 5) is 47.2. The van der Waals surface area contributed by atoms with Crippen LogP contribution in [-0.2, 0) is 0 Å². The number of carboxylic acids is 1. The second kappa shape index (κ2) is 5.73. The maximum absolute atomic E-state index is 12.7. The topological polar surface area (TPSA) is 127 Å². The number of anilines is 1. The van der Waals surface area contributed by atoms with Crippen LogP contribution < -0.4 is 5.32 Å². The summed E-state index contributed by atoms with van der Waals surface area (Å²) in [7, 11) is 0. The lowest BCUT2D eigenvalue weighted by Crippen LogP contribution is -2.14. The highest BCUT2D eigenvalue weighted by atomic mass is 16.6. The van der Waals surface area contributed by atoms with Crippen LogP contribution in [-0.4, -0.2) is 27.6 Å². The molecule has 1 aliphatic heterocycles. The first kappa shape index (κ1) is 16.4. The molecule has 2 aliphatic rings. The fourth-order valence-electron chi connectivity index (χ4n) is 3.16. The molecule has 1 aliphatic carbocycles.